The van der Waals surface area contributed by atoms with Crippen molar-refractivity contribution >= 4 is 27.6 Å². The molecule has 0 aromatic heterocycles. The van der Waals surface area contributed by atoms with E-state index >= 15 is 0 Å². The lowest BCUT2D eigenvalue weighted by Crippen LogP contribution is -2.30. The van der Waals surface area contributed by atoms with Crippen LogP contribution in [0.15, 0.2) is 59.5 Å². The summed E-state index contributed by atoms with van der Waals surface area (Å²) in [6.07, 6.45) is 0. The molecule has 8 heteroatoms. The fourth-order valence-electron chi connectivity index (χ4n) is 2.41. The Bertz CT molecular complexity index is 876. The quantitative estimate of drug-likeness (QED) is 0.699. The number of esters is 1. The molecule has 2 rings (SSSR count). The van der Waals surface area contributed by atoms with Gasteiger partial charge in [0.1, 0.15) is 0 Å². The van der Waals surface area contributed by atoms with Crippen LogP contribution in [0.4, 0.5) is 5.69 Å². The van der Waals surface area contributed by atoms with Crippen molar-refractivity contribution in [3.05, 3.63) is 60.2 Å². The topological polar surface area (TPSA) is 92.8 Å². The lowest BCUT2D eigenvalue weighted by atomic mass is 10.2. The molecule has 2 aromatic carbocycles. The predicted molar refractivity (Wildman–Crippen MR) is 102 cm³/mol. The highest BCUT2D eigenvalue weighted by Gasteiger charge is 2.21. The fourth-order valence-corrected chi connectivity index (χ4v) is 3.87. The first-order valence-electron chi connectivity index (χ1n) is 8.50. The molecule has 0 saturated heterocycles. The lowest BCUT2D eigenvalue weighted by Gasteiger charge is -2.18. The van der Waals surface area contributed by atoms with Gasteiger partial charge in [-0.2, -0.15) is 4.31 Å². The van der Waals surface area contributed by atoms with Crippen LogP contribution in [0.5, 0.6) is 0 Å². The fraction of sp³-hybridized carbons (Fsp3) is 0.263. The Labute approximate surface area is 159 Å². The maximum atomic E-state index is 12.4. The van der Waals surface area contributed by atoms with E-state index in [9.17, 15) is 18.0 Å². The molecule has 0 saturated carbocycles. The van der Waals surface area contributed by atoms with Crippen LogP contribution in [0.25, 0.3) is 0 Å². The highest BCUT2D eigenvalue weighted by molar-refractivity contribution is 7.89. The Morgan fingerprint density at radius 1 is 0.963 bits per heavy atom. The minimum Gasteiger partial charge on any atom is -0.452 e. The van der Waals surface area contributed by atoms with Crippen LogP contribution >= 0.6 is 0 Å². The molecule has 2 aromatic rings. The normalized spacial score (nSPS) is 11.2. The largest absolute Gasteiger partial charge is 0.452 e. The summed E-state index contributed by atoms with van der Waals surface area (Å²) in [5.41, 5.74) is 0.769. The molecule has 0 bridgehead atoms. The average molecular weight is 390 g/mol. The summed E-state index contributed by atoms with van der Waals surface area (Å²) < 4.78 is 31.1. The van der Waals surface area contributed by atoms with Crippen LogP contribution < -0.4 is 5.32 Å². The number of hydrogen-bond donors (Lipinski definition) is 1. The van der Waals surface area contributed by atoms with Crippen LogP contribution in [0.3, 0.4) is 0 Å². The summed E-state index contributed by atoms with van der Waals surface area (Å²) in [7, 11) is -3.55. The minimum absolute atomic E-state index is 0.153. The summed E-state index contributed by atoms with van der Waals surface area (Å²) in [5.74, 6) is -1.11. The smallest absolute Gasteiger partial charge is 0.338 e. The summed E-state index contributed by atoms with van der Waals surface area (Å²) in [4.78, 5) is 23.9. The first kappa shape index (κ1) is 20.6. The number of carbonyl (C=O) groups is 2. The molecule has 27 heavy (non-hydrogen) atoms. The van der Waals surface area contributed by atoms with Crippen molar-refractivity contribution in [3.63, 3.8) is 0 Å². The molecule has 0 aliphatic rings. The van der Waals surface area contributed by atoms with E-state index in [2.05, 4.69) is 5.32 Å². The van der Waals surface area contributed by atoms with Gasteiger partial charge >= 0.3 is 5.97 Å². The van der Waals surface area contributed by atoms with Gasteiger partial charge < -0.3 is 10.1 Å². The molecule has 0 aliphatic carbocycles. The van der Waals surface area contributed by atoms with Gasteiger partial charge in [0, 0.05) is 18.8 Å². The molecule has 1 amide bonds. The molecule has 1 N–H and O–H groups in total. The van der Waals surface area contributed by atoms with Gasteiger partial charge in [-0.15, -0.1) is 0 Å². The number of benzene rings is 2. The van der Waals surface area contributed by atoms with E-state index in [1.54, 1.807) is 44.2 Å². The molecular formula is C19H22N2O5S. The van der Waals surface area contributed by atoms with E-state index in [0.717, 1.165) is 0 Å². The van der Waals surface area contributed by atoms with E-state index in [4.69, 9.17) is 4.74 Å². The summed E-state index contributed by atoms with van der Waals surface area (Å²) >= 11 is 0. The Kier molecular flexibility index (Phi) is 7.09. The third kappa shape index (κ3) is 5.38. The highest BCUT2D eigenvalue weighted by atomic mass is 32.2. The molecule has 0 aliphatic heterocycles. The molecule has 0 atom stereocenters. The van der Waals surface area contributed by atoms with Crippen LogP contribution in [0.1, 0.15) is 24.2 Å². The molecular weight excluding hydrogens is 368 g/mol. The third-order valence-electron chi connectivity index (χ3n) is 3.83. The maximum Gasteiger partial charge on any atom is 0.338 e. The van der Waals surface area contributed by atoms with Crippen LogP contribution in [0.2, 0.25) is 0 Å². The molecule has 144 valence electrons. The second-order valence-electron chi connectivity index (χ2n) is 5.60. The Morgan fingerprint density at radius 2 is 1.56 bits per heavy atom. The molecule has 0 spiro atoms. The van der Waals surface area contributed by atoms with E-state index in [0.29, 0.717) is 24.3 Å². The number of hydrogen-bond acceptors (Lipinski definition) is 5. The predicted octanol–water partition coefficient (Wildman–Crippen LogP) is 2.51. The minimum atomic E-state index is -3.55. The Hall–Kier alpha value is -2.71. The average Bonchev–Trinajstić information content (AvgIpc) is 2.68. The van der Waals surface area contributed by atoms with Crippen LogP contribution in [0, 0.1) is 0 Å². The van der Waals surface area contributed by atoms with Gasteiger partial charge in [-0.3, -0.25) is 4.79 Å². The third-order valence-corrected chi connectivity index (χ3v) is 5.89. The van der Waals surface area contributed by atoms with Gasteiger partial charge in [-0.1, -0.05) is 32.0 Å². The Morgan fingerprint density at radius 3 is 2.11 bits per heavy atom. The monoisotopic (exact) mass is 390 g/mol. The summed E-state index contributed by atoms with van der Waals surface area (Å²) in [5, 5.41) is 2.56. The van der Waals surface area contributed by atoms with Gasteiger partial charge in [-0.25, -0.2) is 13.2 Å². The number of nitrogens with zero attached hydrogens (tertiary/aromatic N) is 1. The number of nitrogens with one attached hydrogen (secondary N) is 1. The van der Waals surface area contributed by atoms with E-state index in [-0.39, 0.29) is 4.90 Å². The zero-order valence-corrected chi connectivity index (χ0v) is 16.0. The van der Waals surface area contributed by atoms with Gasteiger partial charge in [0.05, 0.1) is 10.5 Å². The SMILES string of the molecule is CCN(CC)S(=O)(=O)c1ccc(NC(=O)COC(=O)c2ccccc2)cc1. The van der Waals surface area contributed by atoms with Crippen LogP contribution in [-0.4, -0.2) is 44.3 Å². The van der Waals surface area contributed by atoms with Gasteiger partial charge in [0.2, 0.25) is 10.0 Å². The second-order valence-corrected chi connectivity index (χ2v) is 7.54. The van der Waals surface area contributed by atoms with E-state index < -0.39 is 28.5 Å². The van der Waals surface area contributed by atoms with Crippen molar-refractivity contribution in [2.75, 3.05) is 25.0 Å². The second kappa shape index (κ2) is 9.29. The molecule has 0 heterocycles. The van der Waals surface area contributed by atoms with Crippen molar-refractivity contribution in [1.82, 2.24) is 4.31 Å². The standard InChI is InChI=1S/C19H22N2O5S/c1-3-21(4-2)27(24,25)17-12-10-16(11-13-17)20-18(22)14-26-19(23)15-8-6-5-7-9-15/h5-13H,3-4,14H2,1-2H3,(H,20,22). The number of rotatable bonds is 8. The molecule has 7 nitrogen and oxygen atoms in total. The lowest BCUT2D eigenvalue weighted by molar-refractivity contribution is -0.119. The zero-order valence-electron chi connectivity index (χ0n) is 15.2. The summed E-state index contributed by atoms with van der Waals surface area (Å²) in [6, 6.07) is 14.2. The first-order valence-corrected chi connectivity index (χ1v) is 9.94. The van der Waals surface area contributed by atoms with Gasteiger partial charge in [0.15, 0.2) is 6.61 Å². The molecule has 0 radical (unpaired) electrons. The number of amides is 1. The van der Waals surface area contributed by atoms with Gasteiger partial charge in [-0.05, 0) is 36.4 Å². The van der Waals surface area contributed by atoms with Crippen molar-refractivity contribution in [2.24, 2.45) is 0 Å². The highest BCUT2D eigenvalue weighted by Crippen LogP contribution is 2.18. The van der Waals surface area contributed by atoms with Crippen LogP contribution in [-0.2, 0) is 19.6 Å². The maximum absolute atomic E-state index is 12.4. The molecule has 0 unspecified atom stereocenters. The first-order chi connectivity index (χ1) is 12.9. The number of sulfonamides is 1. The zero-order chi connectivity index (χ0) is 19.9. The number of carbonyl (C=O) groups excluding carboxylic acids is 2. The Balaban J connectivity index is 1.94. The van der Waals surface area contributed by atoms with Crippen molar-refractivity contribution < 1.29 is 22.7 Å². The number of ether oxygens (including phenoxy) is 1. The van der Waals surface area contributed by atoms with Crippen molar-refractivity contribution in [2.45, 2.75) is 18.7 Å². The van der Waals surface area contributed by atoms with E-state index in [1.807, 2.05) is 0 Å². The number of anilines is 1. The van der Waals surface area contributed by atoms with Crippen molar-refractivity contribution in [1.29, 1.82) is 0 Å². The van der Waals surface area contributed by atoms with Gasteiger partial charge in [0.25, 0.3) is 5.91 Å². The van der Waals surface area contributed by atoms with Crippen molar-refractivity contribution in [3.8, 4) is 0 Å². The molecule has 0 fully saturated rings. The van der Waals surface area contributed by atoms with E-state index in [1.165, 1.54) is 28.6 Å². The summed E-state index contributed by atoms with van der Waals surface area (Å²) in [6.45, 7) is 3.86.